The normalized spacial score (nSPS) is 20.9. The largest absolute Gasteiger partial charge is 0.405 e. The molecular formula is C13H23F3N2O2. The molecule has 20 heavy (non-hydrogen) atoms. The summed E-state index contributed by atoms with van der Waals surface area (Å²) in [5.41, 5.74) is 0. The number of likely N-dealkylation sites (tertiary alicyclic amines) is 1. The van der Waals surface area contributed by atoms with Crippen molar-refractivity contribution in [2.75, 3.05) is 32.8 Å². The van der Waals surface area contributed by atoms with Crippen LogP contribution in [0.1, 0.15) is 32.1 Å². The summed E-state index contributed by atoms with van der Waals surface area (Å²) in [5.74, 6) is -0.841. The SMILES string of the molecule is O=C(NCC(F)(F)F)C1CCCN(CCCCCO)C1. The van der Waals surface area contributed by atoms with Gasteiger partial charge in [-0.15, -0.1) is 0 Å². The van der Waals surface area contributed by atoms with E-state index in [2.05, 4.69) is 4.90 Å². The molecule has 0 radical (unpaired) electrons. The summed E-state index contributed by atoms with van der Waals surface area (Å²) in [5, 5.41) is 10.7. The van der Waals surface area contributed by atoms with E-state index in [1.807, 2.05) is 5.32 Å². The molecule has 0 aromatic carbocycles. The summed E-state index contributed by atoms with van der Waals surface area (Å²) in [6.45, 7) is 1.19. The lowest BCUT2D eigenvalue weighted by molar-refractivity contribution is -0.141. The van der Waals surface area contributed by atoms with E-state index >= 15 is 0 Å². The molecule has 1 atom stereocenters. The predicted molar refractivity (Wildman–Crippen MR) is 69.2 cm³/mol. The maximum absolute atomic E-state index is 12.1. The van der Waals surface area contributed by atoms with Crippen LogP contribution in [-0.2, 0) is 4.79 Å². The van der Waals surface area contributed by atoms with E-state index in [4.69, 9.17) is 5.11 Å². The third kappa shape index (κ3) is 7.09. The smallest absolute Gasteiger partial charge is 0.396 e. The predicted octanol–water partition coefficient (Wildman–Crippen LogP) is 1.54. The molecule has 1 aliphatic heterocycles. The Morgan fingerprint density at radius 2 is 2.05 bits per heavy atom. The first-order valence-electron chi connectivity index (χ1n) is 7.10. The first-order chi connectivity index (χ1) is 9.42. The molecule has 0 aromatic rings. The van der Waals surface area contributed by atoms with Crippen molar-refractivity contribution in [3.8, 4) is 0 Å². The monoisotopic (exact) mass is 296 g/mol. The summed E-state index contributed by atoms with van der Waals surface area (Å²) in [6, 6.07) is 0. The molecule has 0 saturated carbocycles. The molecular weight excluding hydrogens is 273 g/mol. The van der Waals surface area contributed by atoms with Crippen LogP contribution in [0.2, 0.25) is 0 Å². The number of amides is 1. The minimum atomic E-state index is -4.35. The summed E-state index contributed by atoms with van der Waals surface area (Å²) in [4.78, 5) is 13.8. The van der Waals surface area contributed by atoms with Gasteiger partial charge in [-0.1, -0.05) is 0 Å². The van der Waals surface area contributed by atoms with Crippen molar-refractivity contribution in [2.45, 2.75) is 38.3 Å². The van der Waals surface area contributed by atoms with Gasteiger partial charge < -0.3 is 15.3 Å². The number of unbranched alkanes of at least 4 members (excludes halogenated alkanes) is 2. The minimum absolute atomic E-state index is 0.183. The fourth-order valence-electron chi connectivity index (χ4n) is 2.43. The second-order valence-electron chi connectivity index (χ2n) is 5.26. The molecule has 1 saturated heterocycles. The number of aliphatic hydroxyl groups excluding tert-OH is 1. The van der Waals surface area contributed by atoms with E-state index in [9.17, 15) is 18.0 Å². The number of carbonyl (C=O) groups is 1. The molecule has 118 valence electrons. The van der Waals surface area contributed by atoms with Crippen molar-refractivity contribution in [3.63, 3.8) is 0 Å². The average Bonchev–Trinajstić information content (AvgIpc) is 2.40. The van der Waals surface area contributed by atoms with Crippen LogP contribution in [0, 0.1) is 5.92 Å². The number of piperidine rings is 1. The first-order valence-corrected chi connectivity index (χ1v) is 7.10. The fourth-order valence-corrected chi connectivity index (χ4v) is 2.43. The van der Waals surface area contributed by atoms with Crippen molar-refractivity contribution < 1.29 is 23.1 Å². The number of halogens is 3. The maximum Gasteiger partial charge on any atom is 0.405 e. The molecule has 1 rings (SSSR count). The van der Waals surface area contributed by atoms with Crippen LogP contribution in [0.4, 0.5) is 13.2 Å². The van der Waals surface area contributed by atoms with Crippen LogP contribution >= 0.6 is 0 Å². The Morgan fingerprint density at radius 3 is 2.70 bits per heavy atom. The van der Waals surface area contributed by atoms with Crippen LogP contribution < -0.4 is 5.32 Å². The van der Waals surface area contributed by atoms with Crippen molar-refractivity contribution >= 4 is 5.91 Å². The molecule has 1 aliphatic rings. The standard InChI is InChI=1S/C13H23F3N2O2/c14-13(15,16)10-17-12(20)11-5-4-7-18(9-11)6-2-1-3-8-19/h11,19H,1-10H2,(H,17,20). The van der Waals surface area contributed by atoms with Crippen molar-refractivity contribution in [1.29, 1.82) is 0 Å². The first kappa shape index (κ1) is 17.2. The highest BCUT2D eigenvalue weighted by Crippen LogP contribution is 2.18. The van der Waals surface area contributed by atoms with Crippen LogP contribution in [0.5, 0.6) is 0 Å². The third-order valence-electron chi connectivity index (χ3n) is 3.47. The van der Waals surface area contributed by atoms with Crippen molar-refractivity contribution in [3.05, 3.63) is 0 Å². The summed E-state index contributed by atoms with van der Waals surface area (Å²) < 4.78 is 36.2. The molecule has 1 unspecified atom stereocenters. The molecule has 0 spiro atoms. The highest BCUT2D eigenvalue weighted by molar-refractivity contribution is 5.79. The lowest BCUT2D eigenvalue weighted by Gasteiger charge is -2.32. The average molecular weight is 296 g/mol. The van der Waals surface area contributed by atoms with Gasteiger partial charge in [0.25, 0.3) is 0 Å². The quantitative estimate of drug-likeness (QED) is 0.701. The van der Waals surface area contributed by atoms with Gasteiger partial charge in [-0.3, -0.25) is 4.79 Å². The van der Waals surface area contributed by atoms with E-state index in [0.717, 1.165) is 38.8 Å². The maximum atomic E-state index is 12.1. The van der Waals surface area contributed by atoms with Gasteiger partial charge in [0.1, 0.15) is 6.54 Å². The number of carbonyl (C=O) groups excluding carboxylic acids is 1. The van der Waals surface area contributed by atoms with Crippen molar-refractivity contribution in [1.82, 2.24) is 10.2 Å². The molecule has 1 fully saturated rings. The van der Waals surface area contributed by atoms with Gasteiger partial charge in [0.2, 0.25) is 5.91 Å². The number of nitrogens with zero attached hydrogens (tertiary/aromatic N) is 1. The van der Waals surface area contributed by atoms with E-state index in [0.29, 0.717) is 13.0 Å². The Bertz CT molecular complexity index is 298. The summed E-state index contributed by atoms with van der Waals surface area (Å²) in [6.07, 6.45) is -0.228. The van der Waals surface area contributed by atoms with E-state index < -0.39 is 18.6 Å². The van der Waals surface area contributed by atoms with Gasteiger partial charge in [0.05, 0.1) is 5.92 Å². The molecule has 1 heterocycles. The number of hydrogen-bond acceptors (Lipinski definition) is 3. The highest BCUT2D eigenvalue weighted by Gasteiger charge is 2.31. The van der Waals surface area contributed by atoms with Crippen LogP contribution in [0.15, 0.2) is 0 Å². The topological polar surface area (TPSA) is 52.6 Å². The zero-order chi connectivity index (χ0) is 15.0. The summed E-state index contributed by atoms with van der Waals surface area (Å²) in [7, 11) is 0. The number of hydrogen-bond donors (Lipinski definition) is 2. The lowest BCUT2D eigenvalue weighted by atomic mass is 9.97. The molecule has 0 aliphatic carbocycles. The molecule has 0 aromatic heterocycles. The van der Waals surface area contributed by atoms with Gasteiger partial charge in [-0.25, -0.2) is 0 Å². The second-order valence-corrected chi connectivity index (χ2v) is 5.26. The van der Waals surface area contributed by atoms with Gasteiger partial charge in [0, 0.05) is 13.2 Å². The number of rotatable bonds is 7. The van der Waals surface area contributed by atoms with E-state index in [1.54, 1.807) is 0 Å². The number of nitrogens with one attached hydrogen (secondary N) is 1. The van der Waals surface area contributed by atoms with Gasteiger partial charge in [0.15, 0.2) is 0 Å². The fraction of sp³-hybridized carbons (Fsp3) is 0.923. The van der Waals surface area contributed by atoms with E-state index in [-0.39, 0.29) is 12.5 Å². The van der Waals surface area contributed by atoms with Gasteiger partial charge in [-0.05, 0) is 45.2 Å². The second kappa shape index (κ2) is 8.46. The van der Waals surface area contributed by atoms with Gasteiger partial charge in [-0.2, -0.15) is 13.2 Å². The van der Waals surface area contributed by atoms with Gasteiger partial charge >= 0.3 is 6.18 Å². The zero-order valence-corrected chi connectivity index (χ0v) is 11.6. The minimum Gasteiger partial charge on any atom is -0.396 e. The van der Waals surface area contributed by atoms with Crippen LogP contribution in [0.3, 0.4) is 0 Å². The highest BCUT2D eigenvalue weighted by atomic mass is 19.4. The van der Waals surface area contributed by atoms with E-state index in [1.165, 1.54) is 0 Å². The molecule has 0 bridgehead atoms. The Balaban J connectivity index is 2.27. The Hall–Kier alpha value is -0.820. The third-order valence-corrected chi connectivity index (χ3v) is 3.47. The Kier molecular flexibility index (Phi) is 7.29. The Labute approximate surface area is 117 Å². The Morgan fingerprint density at radius 1 is 1.30 bits per heavy atom. The molecule has 1 amide bonds. The van der Waals surface area contributed by atoms with Crippen molar-refractivity contribution in [2.24, 2.45) is 5.92 Å². The molecule has 7 heteroatoms. The molecule has 2 N–H and O–H groups in total. The zero-order valence-electron chi connectivity index (χ0n) is 11.6. The van der Waals surface area contributed by atoms with Crippen LogP contribution in [0.25, 0.3) is 0 Å². The number of aliphatic hydroxyl groups is 1. The van der Waals surface area contributed by atoms with Crippen LogP contribution in [-0.4, -0.2) is 54.9 Å². The summed E-state index contributed by atoms with van der Waals surface area (Å²) >= 11 is 0. The molecule has 4 nitrogen and oxygen atoms in total. The lowest BCUT2D eigenvalue weighted by Crippen LogP contribution is -2.45. The number of alkyl halides is 3.